The molecule has 1 fully saturated rings. The first-order chi connectivity index (χ1) is 13.0. The zero-order chi connectivity index (χ0) is 19.0. The number of amides is 1. The van der Waals surface area contributed by atoms with Gasteiger partial charge in [0.2, 0.25) is 0 Å². The van der Waals surface area contributed by atoms with Gasteiger partial charge in [0.1, 0.15) is 11.2 Å². The van der Waals surface area contributed by atoms with Crippen LogP contribution in [0.1, 0.15) is 45.9 Å². The highest BCUT2D eigenvalue weighted by Gasteiger charge is 2.22. The summed E-state index contributed by atoms with van der Waals surface area (Å²) in [6.45, 7) is 5.76. The number of benzene rings is 1. The number of aryl methyl sites for hydroxylation is 2. The molecule has 0 radical (unpaired) electrons. The Morgan fingerprint density at radius 3 is 2.78 bits per heavy atom. The maximum atomic E-state index is 12.9. The fourth-order valence-corrected chi connectivity index (χ4v) is 3.65. The number of hydrogen-bond donors (Lipinski definition) is 3. The minimum atomic E-state index is -0.281. The fourth-order valence-electron chi connectivity index (χ4n) is 3.65. The summed E-state index contributed by atoms with van der Waals surface area (Å²) in [6.07, 6.45) is 3.42. The average Bonchev–Trinajstić information content (AvgIpc) is 3.08. The molecular weight excluding hydrogens is 342 g/mol. The van der Waals surface area contributed by atoms with Crippen molar-refractivity contribution in [3.05, 3.63) is 63.2 Å². The summed E-state index contributed by atoms with van der Waals surface area (Å²) >= 11 is 0. The molecule has 7 nitrogen and oxygen atoms in total. The molecule has 27 heavy (non-hydrogen) atoms. The number of piperidine rings is 1. The second-order valence-corrected chi connectivity index (χ2v) is 7.17. The first-order valence-corrected chi connectivity index (χ1v) is 9.23. The summed E-state index contributed by atoms with van der Waals surface area (Å²) < 4.78 is 1.70. The molecule has 1 aliphatic heterocycles. The van der Waals surface area contributed by atoms with Crippen molar-refractivity contribution < 1.29 is 4.79 Å². The lowest BCUT2D eigenvalue weighted by molar-refractivity contribution is 0.102. The van der Waals surface area contributed by atoms with Crippen LogP contribution in [0.2, 0.25) is 0 Å². The molecule has 1 amide bonds. The van der Waals surface area contributed by atoms with Crippen molar-refractivity contribution in [2.24, 2.45) is 0 Å². The lowest BCUT2D eigenvalue weighted by Crippen LogP contribution is -2.28. The Kier molecular flexibility index (Phi) is 4.53. The zero-order valence-electron chi connectivity index (χ0n) is 15.5. The number of hydrogen-bond acceptors (Lipinski definition) is 4. The van der Waals surface area contributed by atoms with Crippen molar-refractivity contribution in [2.75, 3.05) is 18.4 Å². The highest BCUT2D eigenvalue weighted by Crippen LogP contribution is 2.25. The fraction of sp³-hybridized carbons (Fsp3) is 0.350. The first kappa shape index (κ1) is 17.5. The van der Waals surface area contributed by atoms with E-state index in [-0.39, 0.29) is 17.4 Å². The number of H-pyrrole nitrogens is 1. The number of carbonyl (C=O) groups excluding carboxylic acids is 1. The number of aromatic amines is 1. The van der Waals surface area contributed by atoms with Gasteiger partial charge in [0.05, 0.1) is 11.9 Å². The molecule has 1 aliphatic rings. The summed E-state index contributed by atoms with van der Waals surface area (Å²) in [5.74, 6) is -0.0253. The van der Waals surface area contributed by atoms with Crippen LogP contribution in [-0.4, -0.2) is 33.6 Å². The van der Waals surface area contributed by atoms with E-state index in [1.54, 1.807) is 10.6 Å². The molecule has 0 spiro atoms. The minimum absolute atomic E-state index is 0.211. The lowest BCUT2D eigenvalue weighted by Gasteiger charge is -2.23. The van der Waals surface area contributed by atoms with Gasteiger partial charge in [-0.2, -0.15) is 5.10 Å². The topological polar surface area (TPSA) is 91.3 Å². The molecular formula is C20H23N5O2. The molecule has 7 heteroatoms. The second kappa shape index (κ2) is 7.00. The van der Waals surface area contributed by atoms with Gasteiger partial charge in [-0.1, -0.05) is 12.1 Å². The van der Waals surface area contributed by atoms with Gasteiger partial charge in [0, 0.05) is 17.7 Å². The van der Waals surface area contributed by atoms with E-state index in [4.69, 9.17) is 0 Å². The number of carbonyl (C=O) groups is 1. The molecule has 0 aliphatic carbocycles. The standard InChI is InChI=1S/C20H23N5O2/c1-12-3-4-13(2)16(9-12)23-20(27)15-11-22-25-17(10-18(26)24-19(15)25)14-5-7-21-8-6-14/h3-4,9-11,14,21H,5-8H2,1-2H3,(H,23,27)(H,24,26). The average molecular weight is 365 g/mol. The number of nitrogens with zero attached hydrogens (tertiary/aromatic N) is 2. The van der Waals surface area contributed by atoms with Gasteiger partial charge in [-0.25, -0.2) is 4.52 Å². The van der Waals surface area contributed by atoms with Crippen LogP contribution in [0.15, 0.2) is 35.3 Å². The van der Waals surface area contributed by atoms with Crippen molar-refractivity contribution in [3.8, 4) is 0 Å². The van der Waals surface area contributed by atoms with Gasteiger partial charge in [-0.15, -0.1) is 0 Å². The quantitative estimate of drug-likeness (QED) is 0.664. The third-order valence-corrected chi connectivity index (χ3v) is 5.18. The van der Waals surface area contributed by atoms with E-state index in [1.807, 2.05) is 32.0 Å². The molecule has 4 rings (SSSR count). The van der Waals surface area contributed by atoms with E-state index in [2.05, 4.69) is 20.7 Å². The van der Waals surface area contributed by atoms with E-state index in [9.17, 15) is 9.59 Å². The summed E-state index contributed by atoms with van der Waals surface area (Å²) in [4.78, 5) is 27.9. The molecule has 1 aromatic carbocycles. The van der Waals surface area contributed by atoms with E-state index >= 15 is 0 Å². The van der Waals surface area contributed by atoms with E-state index < -0.39 is 0 Å². The van der Waals surface area contributed by atoms with Crippen LogP contribution in [0.5, 0.6) is 0 Å². The lowest BCUT2D eigenvalue weighted by atomic mass is 9.94. The third kappa shape index (κ3) is 3.38. The molecule has 0 bridgehead atoms. The predicted molar refractivity (Wildman–Crippen MR) is 105 cm³/mol. The van der Waals surface area contributed by atoms with Crippen LogP contribution < -0.4 is 16.2 Å². The summed E-state index contributed by atoms with van der Waals surface area (Å²) in [5, 5.41) is 10.7. The van der Waals surface area contributed by atoms with Gasteiger partial charge < -0.3 is 15.6 Å². The predicted octanol–water partition coefficient (Wildman–Crippen LogP) is 2.36. The number of rotatable bonds is 3. The molecule has 0 atom stereocenters. The van der Waals surface area contributed by atoms with Gasteiger partial charge >= 0.3 is 0 Å². The van der Waals surface area contributed by atoms with E-state index in [1.165, 1.54) is 6.20 Å². The van der Waals surface area contributed by atoms with Crippen molar-refractivity contribution in [2.45, 2.75) is 32.6 Å². The normalized spacial score (nSPS) is 15.2. The number of fused-ring (bicyclic) bond motifs is 1. The smallest absolute Gasteiger partial charge is 0.261 e. The van der Waals surface area contributed by atoms with Gasteiger partial charge in [-0.3, -0.25) is 9.59 Å². The Hall–Kier alpha value is -2.93. The summed E-state index contributed by atoms with van der Waals surface area (Å²) in [5.41, 5.74) is 4.27. The highest BCUT2D eigenvalue weighted by atomic mass is 16.2. The molecule has 1 saturated heterocycles. The Labute approximate surface area is 156 Å². The zero-order valence-corrected chi connectivity index (χ0v) is 15.5. The number of nitrogens with one attached hydrogen (secondary N) is 3. The number of aromatic nitrogens is 3. The van der Waals surface area contributed by atoms with Gasteiger partial charge in [0.25, 0.3) is 11.5 Å². The van der Waals surface area contributed by atoms with Gasteiger partial charge in [0.15, 0.2) is 0 Å². The van der Waals surface area contributed by atoms with Crippen LogP contribution in [-0.2, 0) is 0 Å². The Bertz CT molecular complexity index is 1060. The van der Waals surface area contributed by atoms with Crippen LogP contribution in [0.25, 0.3) is 5.65 Å². The van der Waals surface area contributed by atoms with Crippen molar-refractivity contribution >= 4 is 17.2 Å². The minimum Gasteiger partial charge on any atom is -0.322 e. The number of anilines is 1. The Balaban J connectivity index is 1.72. The van der Waals surface area contributed by atoms with Crippen LogP contribution >= 0.6 is 0 Å². The van der Waals surface area contributed by atoms with Crippen molar-refractivity contribution in [1.82, 2.24) is 19.9 Å². The molecule has 3 N–H and O–H groups in total. The van der Waals surface area contributed by atoms with Crippen molar-refractivity contribution in [3.63, 3.8) is 0 Å². The van der Waals surface area contributed by atoms with Crippen LogP contribution in [0.4, 0.5) is 5.69 Å². The SMILES string of the molecule is Cc1ccc(C)c(NC(=O)c2cnn3c(C4CCNCC4)cc(=O)[nH]c23)c1. The second-order valence-electron chi connectivity index (χ2n) is 7.17. The monoisotopic (exact) mass is 365 g/mol. The highest BCUT2D eigenvalue weighted by molar-refractivity contribution is 6.08. The van der Waals surface area contributed by atoms with Crippen LogP contribution in [0, 0.1) is 13.8 Å². The molecule has 0 saturated carbocycles. The van der Waals surface area contributed by atoms with E-state index in [0.717, 1.165) is 48.4 Å². The van der Waals surface area contributed by atoms with Crippen LogP contribution in [0.3, 0.4) is 0 Å². The van der Waals surface area contributed by atoms with E-state index in [0.29, 0.717) is 11.2 Å². The van der Waals surface area contributed by atoms with Gasteiger partial charge in [-0.05, 0) is 57.0 Å². The first-order valence-electron chi connectivity index (χ1n) is 9.23. The summed E-state index contributed by atoms with van der Waals surface area (Å²) in [6, 6.07) is 7.51. The molecule has 3 aromatic rings. The maximum absolute atomic E-state index is 12.9. The third-order valence-electron chi connectivity index (χ3n) is 5.18. The molecule has 3 heterocycles. The maximum Gasteiger partial charge on any atom is 0.261 e. The molecule has 2 aromatic heterocycles. The van der Waals surface area contributed by atoms with Crippen molar-refractivity contribution in [1.29, 1.82) is 0 Å². The Morgan fingerprint density at radius 2 is 2.00 bits per heavy atom. The largest absolute Gasteiger partial charge is 0.322 e. The molecule has 0 unspecified atom stereocenters. The summed E-state index contributed by atoms with van der Waals surface area (Å²) in [7, 11) is 0. The Morgan fingerprint density at radius 1 is 1.22 bits per heavy atom. The molecule has 140 valence electrons.